The van der Waals surface area contributed by atoms with Crippen LogP contribution < -0.4 is 0 Å². The number of fused-ring (bicyclic) bond motifs is 1. The summed E-state index contributed by atoms with van der Waals surface area (Å²) in [6, 6.07) is 0. The molecule has 8 bridgehead atoms. The van der Waals surface area contributed by atoms with Gasteiger partial charge in [0.25, 0.3) is 5.85 Å². The third kappa shape index (κ3) is 5.58. The first-order valence-corrected chi connectivity index (χ1v) is 19.4. The van der Waals surface area contributed by atoms with Crippen LogP contribution >= 0.6 is 0 Å². The maximum Gasteiger partial charge on any atom is 0.459 e. The molecule has 0 aromatic rings. The van der Waals surface area contributed by atoms with Crippen LogP contribution in [0.1, 0.15) is 130 Å². The molecule has 3 nitrogen and oxygen atoms in total. The first kappa shape index (κ1) is 41.1. The van der Waals surface area contributed by atoms with Gasteiger partial charge in [0.1, 0.15) is 0 Å². The molecule has 0 radical (unpaired) electrons. The van der Waals surface area contributed by atoms with E-state index < -0.39 is 113 Å². The molecule has 9 aliphatic rings. The van der Waals surface area contributed by atoms with Crippen molar-refractivity contribution in [2.45, 2.75) is 178 Å². The van der Waals surface area contributed by atoms with Crippen molar-refractivity contribution in [2.75, 3.05) is 6.61 Å². The lowest BCUT2D eigenvalue weighted by Gasteiger charge is -2.69. The molecule has 3 heterocycles. The summed E-state index contributed by atoms with van der Waals surface area (Å²) in [5.41, 5.74) is -9.90. The van der Waals surface area contributed by atoms with Gasteiger partial charge in [-0.3, -0.25) is 0 Å². The third-order valence-electron chi connectivity index (χ3n) is 16.4. The Kier molecular flexibility index (Phi) is 9.16. The Morgan fingerprint density at radius 3 is 1.76 bits per heavy atom. The second-order valence-corrected chi connectivity index (χ2v) is 19.7. The fourth-order valence-corrected chi connectivity index (χ4v) is 13.7. The van der Waals surface area contributed by atoms with Gasteiger partial charge in [-0.2, -0.15) is 48.3 Å². The van der Waals surface area contributed by atoms with Crippen molar-refractivity contribution in [3.63, 3.8) is 0 Å². The maximum atomic E-state index is 17.4. The van der Waals surface area contributed by atoms with Gasteiger partial charge in [-0.05, 0) is 129 Å². The lowest BCUT2D eigenvalue weighted by atomic mass is 9.37. The van der Waals surface area contributed by atoms with Crippen LogP contribution in [0.5, 0.6) is 0 Å². The van der Waals surface area contributed by atoms with Crippen LogP contribution in [0.2, 0.25) is 0 Å². The van der Waals surface area contributed by atoms with Crippen LogP contribution in [0.4, 0.5) is 57.1 Å². The Labute approximate surface area is 307 Å². The molecule has 3 saturated heterocycles. The van der Waals surface area contributed by atoms with E-state index in [1.54, 1.807) is 13.8 Å². The Balaban J connectivity index is 1.23. The summed E-state index contributed by atoms with van der Waals surface area (Å²) in [5, 5.41) is 0. The van der Waals surface area contributed by atoms with E-state index in [2.05, 4.69) is 0 Å². The first-order chi connectivity index (χ1) is 24.5. The molecular formula is C38H51F13O3. The molecule has 9 rings (SSSR count). The molecular weight excluding hydrogens is 751 g/mol. The van der Waals surface area contributed by atoms with Gasteiger partial charge in [0.2, 0.25) is 0 Å². The molecule has 9 fully saturated rings. The lowest BCUT2D eigenvalue weighted by Crippen LogP contribution is -2.71. The standard InChI is InChI=1S/C38H51F13O3/c1-5-28(4,30-15-24-12-25(19-30)33(39,37(46,47)48)54-32(18-24,21-30)36(43,44)45)9-8-27(2,3)29-13-22-11-23(14-29)17-31(16-22,20-29)35(42,34(40,41)38(49,50)51)53-26-7-6-10-52-26/h22-26H,5-21H2,1-4H3. The highest BCUT2D eigenvalue weighted by Gasteiger charge is 2.83. The van der Waals surface area contributed by atoms with E-state index in [0.717, 1.165) is 0 Å². The summed E-state index contributed by atoms with van der Waals surface area (Å²) in [4.78, 5) is 0. The number of hydrogen-bond donors (Lipinski definition) is 0. The molecule has 0 N–H and O–H groups in total. The van der Waals surface area contributed by atoms with E-state index in [9.17, 15) is 39.5 Å². The minimum atomic E-state index is -6.27. The van der Waals surface area contributed by atoms with Crippen LogP contribution in [0.25, 0.3) is 0 Å². The van der Waals surface area contributed by atoms with Gasteiger partial charge >= 0.3 is 30.3 Å². The van der Waals surface area contributed by atoms with Crippen LogP contribution in [0.15, 0.2) is 0 Å². The van der Waals surface area contributed by atoms with Gasteiger partial charge in [-0.25, -0.2) is 8.78 Å². The number of ether oxygens (including phenoxy) is 3. The topological polar surface area (TPSA) is 27.7 Å². The highest BCUT2D eigenvalue weighted by atomic mass is 19.4. The summed E-state index contributed by atoms with van der Waals surface area (Å²) >= 11 is 0. The van der Waals surface area contributed by atoms with E-state index in [1.165, 1.54) is 0 Å². The van der Waals surface area contributed by atoms with Crippen LogP contribution in [0, 0.1) is 50.7 Å². The molecule has 0 spiro atoms. The van der Waals surface area contributed by atoms with E-state index in [0.29, 0.717) is 25.7 Å². The zero-order chi connectivity index (χ0) is 40.0. The van der Waals surface area contributed by atoms with E-state index in [4.69, 9.17) is 14.2 Å². The SMILES string of the molecule is CCC(C)(CCC(C)(C)C12CC3CC(C1)CC(C(F)(OC1CCCO1)C(F)(F)C(F)(F)F)(C3)C2)C12CC3CC(C1)C(F)(C(F)(F)F)OC(C(F)(F)F)(C3)C2. The van der Waals surface area contributed by atoms with Gasteiger partial charge in [-0.1, -0.05) is 34.1 Å². The van der Waals surface area contributed by atoms with Crippen molar-refractivity contribution < 1.29 is 71.3 Å². The first-order valence-electron chi connectivity index (χ1n) is 19.4. The smallest absolute Gasteiger partial charge is 0.353 e. The lowest BCUT2D eigenvalue weighted by molar-refractivity contribution is -0.447. The van der Waals surface area contributed by atoms with Gasteiger partial charge in [0, 0.05) is 24.4 Å². The molecule has 10 unspecified atom stereocenters. The molecule has 6 saturated carbocycles. The normalized spacial score (nSPS) is 44.7. The molecule has 0 amide bonds. The molecule has 16 heteroatoms. The van der Waals surface area contributed by atoms with Crippen LogP contribution in [0.3, 0.4) is 0 Å². The van der Waals surface area contributed by atoms with E-state index in [1.807, 2.05) is 13.8 Å². The molecule has 54 heavy (non-hydrogen) atoms. The zero-order valence-electron chi connectivity index (χ0n) is 31.0. The van der Waals surface area contributed by atoms with Gasteiger partial charge in [0.15, 0.2) is 11.9 Å². The molecule has 3 aliphatic heterocycles. The van der Waals surface area contributed by atoms with Gasteiger partial charge < -0.3 is 14.2 Å². The Morgan fingerprint density at radius 1 is 0.667 bits per heavy atom. The zero-order valence-corrected chi connectivity index (χ0v) is 31.0. The Bertz CT molecular complexity index is 1440. The Morgan fingerprint density at radius 2 is 1.24 bits per heavy atom. The van der Waals surface area contributed by atoms with Crippen molar-refractivity contribution in [1.29, 1.82) is 0 Å². The number of hydrogen-bond acceptors (Lipinski definition) is 3. The summed E-state index contributed by atoms with van der Waals surface area (Å²) < 4.78 is 211. The minimum Gasteiger partial charge on any atom is -0.353 e. The minimum absolute atomic E-state index is 0.0193. The summed E-state index contributed by atoms with van der Waals surface area (Å²) in [5.74, 6) is -18.3. The highest BCUT2D eigenvalue weighted by Crippen LogP contribution is 2.77. The summed E-state index contributed by atoms with van der Waals surface area (Å²) in [6.45, 7) is 7.13. The average molecular weight is 803 g/mol. The van der Waals surface area contributed by atoms with Crippen molar-refractivity contribution in [1.82, 2.24) is 0 Å². The monoisotopic (exact) mass is 802 g/mol. The number of rotatable bonds is 10. The fourth-order valence-electron chi connectivity index (χ4n) is 13.7. The second-order valence-electron chi connectivity index (χ2n) is 19.7. The molecule has 0 aromatic heterocycles. The van der Waals surface area contributed by atoms with Crippen molar-refractivity contribution in [3.8, 4) is 0 Å². The predicted molar refractivity (Wildman–Crippen MR) is 168 cm³/mol. The third-order valence-corrected chi connectivity index (χ3v) is 16.4. The number of alkyl halides is 13. The average Bonchev–Trinajstić information content (AvgIpc) is 3.48. The summed E-state index contributed by atoms with van der Waals surface area (Å²) in [7, 11) is 0. The molecule has 0 aromatic carbocycles. The summed E-state index contributed by atoms with van der Waals surface area (Å²) in [6.07, 6.45) is -19.8. The fraction of sp³-hybridized carbons (Fsp3) is 1.00. The van der Waals surface area contributed by atoms with Gasteiger partial charge in [-0.15, -0.1) is 0 Å². The van der Waals surface area contributed by atoms with Crippen molar-refractivity contribution >= 4 is 0 Å². The quantitative estimate of drug-likeness (QED) is 0.206. The molecule has 10 atom stereocenters. The maximum absolute atomic E-state index is 17.4. The van der Waals surface area contributed by atoms with E-state index >= 15 is 17.6 Å². The highest BCUT2D eigenvalue weighted by molar-refractivity contribution is 5.20. The van der Waals surface area contributed by atoms with Gasteiger partial charge in [0.05, 0.1) is 0 Å². The van der Waals surface area contributed by atoms with E-state index in [-0.39, 0.29) is 69.8 Å². The number of halogens is 13. The van der Waals surface area contributed by atoms with Crippen molar-refractivity contribution in [3.05, 3.63) is 0 Å². The Hall–Kier alpha value is -1.03. The second kappa shape index (κ2) is 12.0. The molecule has 6 aliphatic carbocycles. The van der Waals surface area contributed by atoms with Crippen LogP contribution in [-0.2, 0) is 14.2 Å². The largest absolute Gasteiger partial charge is 0.459 e. The predicted octanol–water partition coefficient (Wildman–Crippen LogP) is 12.6. The van der Waals surface area contributed by atoms with Crippen molar-refractivity contribution in [2.24, 2.45) is 50.7 Å². The van der Waals surface area contributed by atoms with Crippen LogP contribution in [-0.4, -0.2) is 54.7 Å². The molecule has 312 valence electrons.